The van der Waals surface area contributed by atoms with Crippen molar-refractivity contribution in [2.24, 2.45) is 16.6 Å². The van der Waals surface area contributed by atoms with Gasteiger partial charge in [0.05, 0.1) is 6.54 Å². The summed E-state index contributed by atoms with van der Waals surface area (Å²) in [5.41, 5.74) is 7.48. The molecule has 0 spiro atoms. The quantitative estimate of drug-likeness (QED) is 0.647. The first kappa shape index (κ1) is 14.1. The SMILES string of the molecule is CC(C)CNC(N)=NCc1coc(-c2ccccc2)n1. The minimum atomic E-state index is 0.410. The van der Waals surface area contributed by atoms with Gasteiger partial charge in [0.2, 0.25) is 5.89 Å². The molecule has 20 heavy (non-hydrogen) atoms. The van der Waals surface area contributed by atoms with Gasteiger partial charge >= 0.3 is 0 Å². The predicted octanol–water partition coefficient (Wildman–Crippen LogP) is 2.40. The standard InChI is InChI=1S/C15H20N4O/c1-11(2)8-17-15(16)18-9-13-10-20-14(19-13)12-6-4-3-5-7-12/h3-7,10-11H,8-9H2,1-2H3,(H3,16,17,18). The van der Waals surface area contributed by atoms with Gasteiger partial charge in [-0.15, -0.1) is 0 Å². The molecule has 2 aromatic rings. The highest BCUT2D eigenvalue weighted by atomic mass is 16.3. The fourth-order valence-electron chi connectivity index (χ4n) is 1.62. The second kappa shape index (κ2) is 6.75. The average Bonchev–Trinajstić information content (AvgIpc) is 2.93. The molecule has 0 unspecified atom stereocenters. The van der Waals surface area contributed by atoms with Crippen molar-refractivity contribution in [2.75, 3.05) is 6.54 Å². The Hall–Kier alpha value is -2.30. The van der Waals surface area contributed by atoms with Gasteiger partial charge in [-0.1, -0.05) is 32.0 Å². The monoisotopic (exact) mass is 272 g/mol. The molecule has 1 aromatic carbocycles. The minimum Gasteiger partial charge on any atom is -0.444 e. The van der Waals surface area contributed by atoms with Crippen LogP contribution in [0, 0.1) is 5.92 Å². The molecule has 2 rings (SSSR count). The van der Waals surface area contributed by atoms with Crippen LogP contribution in [0.25, 0.3) is 11.5 Å². The number of oxazole rings is 1. The normalized spacial score (nSPS) is 11.8. The Morgan fingerprint density at radius 2 is 2.10 bits per heavy atom. The van der Waals surface area contributed by atoms with E-state index in [0.29, 0.717) is 24.3 Å². The number of hydrogen-bond acceptors (Lipinski definition) is 3. The number of rotatable bonds is 5. The fourth-order valence-corrected chi connectivity index (χ4v) is 1.62. The number of benzene rings is 1. The van der Waals surface area contributed by atoms with Crippen molar-refractivity contribution >= 4 is 5.96 Å². The minimum absolute atomic E-state index is 0.410. The summed E-state index contributed by atoms with van der Waals surface area (Å²) in [5.74, 6) is 1.56. The first-order valence-corrected chi connectivity index (χ1v) is 6.68. The molecule has 0 aliphatic rings. The molecule has 106 valence electrons. The summed E-state index contributed by atoms with van der Waals surface area (Å²) in [5, 5.41) is 3.06. The third-order valence-electron chi connectivity index (χ3n) is 2.68. The number of nitrogens with two attached hydrogens (primary N) is 1. The fraction of sp³-hybridized carbons (Fsp3) is 0.333. The summed E-state index contributed by atoms with van der Waals surface area (Å²) >= 11 is 0. The van der Waals surface area contributed by atoms with Gasteiger partial charge in [0.25, 0.3) is 0 Å². The highest BCUT2D eigenvalue weighted by Crippen LogP contribution is 2.18. The summed E-state index contributed by atoms with van der Waals surface area (Å²) in [4.78, 5) is 8.62. The Morgan fingerprint density at radius 1 is 1.35 bits per heavy atom. The van der Waals surface area contributed by atoms with Gasteiger partial charge in [-0.05, 0) is 18.1 Å². The molecule has 0 bridgehead atoms. The largest absolute Gasteiger partial charge is 0.444 e. The van der Waals surface area contributed by atoms with Crippen molar-refractivity contribution in [2.45, 2.75) is 20.4 Å². The van der Waals surface area contributed by atoms with Crippen LogP contribution in [0.3, 0.4) is 0 Å². The lowest BCUT2D eigenvalue weighted by Crippen LogP contribution is -2.34. The Balaban J connectivity index is 1.95. The van der Waals surface area contributed by atoms with Crippen molar-refractivity contribution in [1.82, 2.24) is 10.3 Å². The van der Waals surface area contributed by atoms with Crippen LogP contribution in [0.15, 0.2) is 46.0 Å². The maximum atomic E-state index is 5.77. The van der Waals surface area contributed by atoms with E-state index in [-0.39, 0.29) is 0 Å². The first-order chi connectivity index (χ1) is 9.65. The molecule has 0 atom stereocenters. The van der Waals surface area contributed by atoms with Crippen molar-refractivity contribution in [3.05, 3.63) is 42.3 Å². The molecule has 0 fully saturated rings. The molecule has 0 saturated heterocycles. The van der Waals surface area contributed by atoms with Gasteiger partial charge in [0.1, 0.15) is 12.0 Å². The lowest BCUT2D eigenvalue weighted by molar-refractivity contribution is 0.572. The summed E-state index contributed by atoms with van der Waals surface area (Å²) in [6, 6.07) is 9.77. The van der Waals surface area contributed by atoms with Crippen LogP contribution in [-0.4, -0.2) is 17.5 Å². The van der Waals surface area contributed by atoms with Gasteiger partial charge in [-0.25, -0.2) is 9.98 Å². The summed E-state index contributed by atoms with van der Waals surface area (Å²) in [6.45, 7) is 5.45. The van der Waals surface area contributed by atoms with Crippen molar-refractivity contribution in [1.29, 1.82) is 0 Å². The van der Waals surface area contributed by atoms with Gasteiger partial charge in [0.15, 0.2) is 5.96 Å². The maximum Gasteiger partial charge on any atom is 0.226 e. The molecule has 1 aromatic heterocycles. The number of aromatic nitrogens is 1. The van der Waals surface area contributed by atoms with E-state index in [1.165, 1.54) is 0 Å². The van der Waals surface area contributed by atoms with E-state index in [1.807, 2.05) is 30.3 Å². The van der Waals surface area contributed by atoms with Crippen LogP contribution < -0.4 is 11.1 Å². The number of nitrogens with one attached hydrogen (secondary N) is 1. The molecule has 0 amide bonds. The molecular formula is C15H20N4O. The summed E-state index contributed by atoms with van der Waals surface area (Å²) < 4.78 is 5.44. The topological polar surface area (TPSA) is 76.4 Å². The smallest absolute Gasteiger partial charge is 0.226 e. The van der Waals surface area contributed by atoms with E-state index in [1.54, 1.807) is 6.26 Å². The predicted molar refractivity (Wildman–Crippen MR) is 80.1 cm³/mol. The second-order valence-corrected chi connectivity index (χ2v) is 4.99. The molecule has 0 saturated carbocycles. The molecule has 1 heterocycles. The lowest BCUT2D eigenvalue weighted by Gasteiger charge is -2.07. The Morgan fingerprint density at radius 3 is 2.80 bits per heavy atom. The highest BCUT2D eigenvalue weighted by Gasteiger charge is 2.05. The van der Waals surface area contributed by atoms with Gasteiger partial charge in [-0.3, -0.25) is 0 Å². The molecule has 3 N–H and O–H groups in total. The third-order valence-corrected chi connectivity index (χ3v) is 2.68. The molecular weight excluding hydrogens is 252 g/mol. The summed E-state index contributed by atoms with van der Waals surface area (Å²) in [7, 11) is 0. The van der Waals surface area contributed by atoms with Gasteiger partial charge in [-0.2, -0.15) is 0 Å². The third kappa shape index (κ3) is 4.12. The molecule has 5 heteroatoms. The van der Waals surface area contributed by atoms with Crippen LogP contribution in [-0.2, 0) is 6.54 Å². The van der Waals surface area contributed by atoms with E-state index in [4.69, 9.17) is 10.2 Å². The Bertz CT molecular complexity index is 560. The van der Waals surface area contributed by atoms with E-state index in [0.717, 1.165) is 17.8 Å². The molecule has 0 aliphatic heterocycles. The number of aliphatic imine (C=N–C) groups is 1. The summed E-state index contributed by atoms with van der Waals surface area (Å²) in [6.07, 6.45) is 1.61. The van der Waals surface area contributed by atoms with Crippen LogP contribution in [0.1, 0.15) is 19.5 Å². The zero-order valence-corrected chi connectivity index (χ0v) is 11.8. The lowest BCUT2D eigenvalue weighted by atomic mass is 10.2. The Labute approximate surface area is 118 Å². The van der Waals surface area contributed by atoms with E-state index >= 15 is 0 Å². The average molecular weight is 272 g/mol. The van der Waals surface area contributed by atoms with Gasteiger partial charge < -0.3 is 15.5 Å². The van der Waals surface area contributed by atoms with E-state index in [2.05, 4.69) is 29.1 Å². The van der Waals surface area contributed by atoms with E-state index in [9.17, 15) is 0 Å². The van der Waals surface area contributed by atoms with Crippen LogP contribution in [0.2, 0.25) is 0 Å². The van der Waals surface area contributed by atoms with Crippen LogP contribution in [0.5, 0.6) is 0 Å². The molecule has 0 radical (unpaired) electrons. The van der Waals surface area contributed by atoms with Crippen molar-refractivity contribution in [3.8, 4) is 11.5 Å². The number of nitrogens with zero attached hydrogens (tertiary/aromatic N) is 2. The molecule has 0 aliphatic carbocycles. The second-order valence-electron chi connectivity index (χ2n) is 4.99. The van der Waals surface area contributed by atoms with Gasteiger partial charge in [0, 0.05) is 12.1 Å². The zero-order chi connectivity index (χ0) is 14.4. The number of guanidine groups is 1. The highest BCUT2D eigenvalue weighted by molar-refractivity contribution is 5.77. The van der Waals surface area contributed by atoms with Crippen LogP contribution >= 0.6 is 0 Å². The first-order valence-electron chi connectivity index (χ1n) is 6.68. The zero-order valence-electron chi connectivity index (χ0n) is 11.8. The molecule has 5 nitrogen and oxygen atoms in total. The van der Waals surface area contributed by atoms with E-state index < -0.39 is 0 Å². The number of hydrogen-bond donors (Lipinski definition) is 2. The Kier molecular flexibility index (Phi) is 4.76. The van der Waals surface area contributed by atoms with Crippen molar-refractivity contribution in [3.63, 3.8) is 0 Å². The van der Waals surface area contributed by atoms with Crippen molar-refractivity contribution < 1.29 is 4.42 Å². The van der Waals surface area contributed by atoms with Crippen LogP contribution in [0.4, 0.5) is 0 Å². The maximum absolute atomic E-state index is 5.77.